The van der Waals surface area contributed by atoms with Gasteiger partial charge in [0.2, 0.25) is 0 Å². The molecule has 6 unspecified atom stereocenters. The molecule has 1 heterocycles. The average molecular weight is 843 g/mol. The Morgan fingerprint density at radius 1 is 0.603 bits per heavy atom. The number of hydrogen-bond acceptors (Lipinski definition) is 11. The zero-order chi connectivity index (χ0) is 42.7. The zero-order valence-electron chi connectivity index (χ0n) is 35.6. The second kappa shape index (κ2) is 35.4. The SMILES string of the molecule is CC/C=C\C/C=C\C/C=C\C/C=C\CCCCCCCCC(=O)OC(COC(=O)CCCCCCCCCCCCC)COC1OC(CS(=O)(=O)O)C(O)C(O)C1O. The number of unbranched alkanes of at least 4 members (excludes halogenated alkanes) is 16. The summed E-state index contributed by atoms with van der Waals surface area (Å²) in [5.41, 5.74) is 0. The van der Waals surface area contributed by atoms with Crippen LogP contribution in [0.3, 0.4) is 0 Å². The first kappa shape index (κ1) is 53.6. The van der Waals surface area contributed by atoms with Gasteiger partial charge in [-0.2, -0.15) is 8.42 Å². The second-order valence-corrected chi connectivity index (χ2v) is 16.8. The summed E-state index contributed by atoms with van der Waals surface area (Å²) in [5.74, 6) is -2.00. The van der Waals surface area contributed by atoms with Gasteiger partial charge in [-0.3, -0.25) is 14.1 Å². The van der Waals surface area contributed by atoms with Crippen LogP contribution in [0.2, 0.25) is 0 Å². The Hall–Kier alpha value is -2.39. The van der Waals surface area contributed by atoms with Crippen LogP contribution in [0.4, 0.5) is 0 Å². The predicted molar refractivity (Wildman–Crippen MR) is 229 cm³/mol. The Labute approximate surface area is 350 Å². The minimum atomic E-state index is -4.60. The monoisotopic (exact) mass is 843 g/mol. The molecule has 0 aromatic heterocycles. The van der Waals surface area contributed by atoms with Crippen LogP contribution in [-0.2, 0) is 38.7 Å². The third-order valence-electron chi connectivity index (χ3n) is 9.92. The van der Waals surface area contributed by atoms with Gasteiger partial charge in [-0.25, -0.2) is 0 Å². The standard InChI is InChI=1S/C45H78O12S/c1-3-5-7-9-11-13-15-16-17-18-19-20-21-22-24-26-28-30-32-34-41(47)56-38(35-54-40(46)33-31-29-27-25-23-14-12-10-8-6-4-2)36-55-45-44(50)43(49)42(48)39(57-45)37-58(51,52)53/h5,7,11,13,16-17,19-20,38-39,42-45,48-50H,3-4,6,8-10,12,14-15,18,21-37H2,1-2H3,(H,51,52,53)/b7-5-,13-11-,17-16-,20-19-. The van der Waals surface area contributed by atoms with Crippen LogP contribution in [0.1, 0.15) is 168 Å². The van der Waals surface area contributed by atoms with Crippen molar-refractivity contribution in [2.75, 3.05) is 19.0 Å². The molecule has 0 amide bonds. The molecule has 1 aliphatic rings. The molecule has 0 saturated carbocycles. The lowest BCUT2D eigenvalue weighted by Gasteiger charge is -2.40. The molecule has 58 heavy (non-hydrogen) atoms. The summed E-state index contributed by atoms with van der Waals surface area (Å²) in [6, 6.07) is 0. The number of rotatable bonds is 36. The number of carbonyl (C=O) groups excluding carboxylic acids is 2. The molecule has 336 valence electrons. The van der Waals surface area contributed by atoms with Gasteiger partial charge in [-0.1, -0.05) is 152 Å². The highest BCUT2D eigenvalue weighted by Gasteiger charge is 2.46. The molecule has 0 aromatic carbocycles. The molecule has 1 fully saturated rings. The lowest BCUT2D eigenvalue weighted by atomic mass is 10.00. The highest BCUT2D eigenvalue weighted by atomic mass is 32.2. The number of allylic oxidation sites excluding steroid dienone is 8. The van der Waals surface area contributed by atoms with Gasteiger partial charge in [0.05, 0.1) is 6.61 Å². The molecule has 1 saturated heterocycles. The van der Waals surface area contributed by atoms with Crippen LogP contribution >= 0.6 is 0 Å². The van der Waals surface area contributed by atoms with E-state index in [-0.39, 0.29) is 19.4 Å². The van der Waals surface area contributed by atoms with E-state index in [1.807, 2.05) is 0 Å². The first-order valence-corrected chi connectivity index (χ1v) is 23.8. The number of carbonyl (C=O) groups is 2. The molecular formula is C45H78O12S. The van der Waals surface area contributed by atoms with Crippen molar-refractivity contribution < 1.29 is 56.8 Å². The smallest absolute Gasteiger partial charge is 0.306 e. The lowest BCUT2D eigenvalue weighted by molar-refractivity contribution is -0.297. The van der Waals surface area contributed by atoms with E-state index in [0.29, 0.717) is 12.8 Å². The Bertz CT molecular complexity index is 1260. The largest absolute Gasteiger partial charge is 0.462 e. The molecule has 0 aromatic rings. The van der Waals surface area contributed by atoms with Crippen molar-refractivity contribution in [3.05, 3.63) is 48.6 Å². The third kappa shape index (κ3) is 29.8. The summed E-state index contributed by atoms with van der Waals surface area (Å²) in [5, 5.41) is 30.8. The zero-order valence-corrected chi connectivity index (χ0v) is 36.5. The molecular weight excluding hydrogens is 765 g/mol. The molecule has 12 nitrogen and oxygen atoms in total. The summed E-state index contributed by atoms with van der Waals surface area (Å²) >= 11 is 0. The van der Waals surface area contributed by atoms with E-state index in [9.17, 15) is 37.9 Å². The molecule has 0 spiro atoms. The van der Waals surface area contributed by atoms with E-state index in [2.05, 4.69) is 62.5 Å². The van der Waals surface area contributed by atoms with Crippen molar-refractivity contribution in [1.82, 2.24) is 0 Å². The minimum Gasteiger partial charge on any atom is -0.462 e. The summed E-state index contributed by atoms with van der Waals surface area (Å²) in [7, 11) is -4.60. The fourth-order valence-electron chi connectivity index (χ4n) is 6.49. The summed E-state index contributed by atoms with van der Waals surface area (Å²) < 4.78 is 54.0. The molecule has 0 aliphatic carbocycles. The second-order valence-electron chi connectivity index (χ2n) is 15.3. The number of aliphatic hydroxyl groups is 3. The Kier molecular flexibility index (Phi) is 32.7. The lowest BCUT2D eigenvalue weighted by Crippen LogP contribution is -2.60. The summed E-state index contributed by atoms with van der Waals surface area (Å²) in [6.45, 7) is 3.62. The molecule has 4 N–H and O–H groups in total. The molecule has 13 heteroatoms. The van der Waals surface area contributed by atoms with Crippen LogP contribution < -0.4 is 0 Å². The highest BCUT2D eigenvalue weighted by molar-refractivity contribution is 7.85. The Morgan fingerprint density at radius 2 is 1.09 bits per heavy atom. The van der Waals surface area contributed by atoms with E-state index in [1.165, 1.54) is 44.9 Å². The van der Waals surface area contributed by atoms with Crippen LogP contribution in [0.15, 0.2) is 48.6 Å². The van der Waals surface area contributed by atoms with Crippen molar-refractivity contribution in [2.45, 2.75) is 205 Å². The quantitative estimate of drug-likeness (QED) is 0.0204. The number of aliphatic hydroxyl groups excluding tert-OH is 3. The van der Waals surface area contributed by atoms with Gasteiger partial charge in [0.15, 0.2) is 12.4 Å². The van der Waals surface area contributed by atoms with Crippen LogP contribution in [0.25, 0.3) is 0 Å². The van der Waals surface area contributed by atoms with Gasteiger partial charge in [-0.15, -0.1) is 0 Å². The van der Waals surface area contributed by atoms with Gasteiger partial charge in [0.25, 0.3) is 10.1 Å². The maximum Gasteiger partial charge on any atom is 0.306 e. The van der Waals surface area contributed by atoms with Crippen LogP contribution in [-0.4, -0.2) is 96.0 Å². The molecule has 1 rings (SSSR count). The number of hydrogen-bond donors (Lipinski definition) is 4. The molecule has 0 radical (unpaired) electrons. The van der Waals surface area contributed by atoms with Gasteiger partial charge in [-0.05, 0) is 51.4 Å². The van der Waals surface area contributed by atoms with Crippen molar-refractivity contribution in [3.8, 4) is 0 Å². The van der Waals surface area contributed by atoms with Gasteiger partial charge in [0, 0.05) is 12.8 Å². The van der Waals surface area contributed by atoms with Crippen LogP contribution in [0.5, 0.6) is 0 Å². The normalized spacial score (nSPS) is 20.8. The van der Waals surface area contributed by atoms with E-state index < -0.39 is 71.2 Å². The molecule has 0 bridgehead atoms. The Balaban J connectivity index is 2.45. The fraction of sp³-hybridized carbons (Fsp3) is 0.778. The summed E-state index contributed by atoms with van der Waals surface area (Å²) in [4.78, 5) is 25.3. The fourth-order valence-corrected chi connectivity index (χ4v) is 7.18. The molecule has 1 aliphatic heterocycles. The number of esters is 2. The van der Waals surface area contributed by atoms with Crippen molar-refractivity contribution in [3.63, 3.8) is 0 Å². The van der Waals surface area contributed by atoms with Gasteiger partial charge >= 0.3 is 11.9 Å². The van der Waals surface area contributed by atoms with E-state index in [0.717, 1.165) is 83.5 Å². The maximum absolute atomic E-state index is 12.8. The maximum atomic E-state index is 12.8. The van der Waals surface area contributed by atoms with E-state index in [1.54, 1.807) is 0 Å². The van der Waals surface area contributed by atoms with Crippen molar-refractivity contribution in [1.29, 1.82) is 0 Å². The highest BCUT2D eigenvalue weighted by Crippen LogP contribution is 2.24. The number of ether oxygens (including phenoxy) is 4. The first-order valence-electron chi connectivity index (χ1n) is 22.2. The Morgan fingerprint density at radius 3 is 1.62 bits per heavy atom. The van der Waals surface area contributed by atoms with E-state index >= 15 is 0 Å². The van der Waals surface area contributed by atoms with Gasteiger partial charge < -0.3 is 34.3 Å². The van der Waals surface area contributed by atoms with Crippen molar-refractivity contribution >= 4 is 22.1 Å². The summed E-state index contributed by atoms with van der Waals surface area (Å²) in [6.07, 6.45) is 31.6. The predicted octanol–water partition coefficient (Wildman–Crippen LogP) is 8.78. The van der Waals surface area contributed by atoms with Crippen LogP contribution in [0, 0.1) is 0 Å². The first-order chi connectivity index (χ1) is 28.0. The topological polar surface area (TPSA) is 186 Å². The minimum absolute atomic E-state index is 0.148. The van der Waals surface area contributed by atoms with E-state index in [4.69, 9.17) is 18.9 Å². The molecule has 6 atom stereocenters. The average Bonchev–Trinajstić information content (AvgIpc) is 3.18. The van der Waals surface area contributed by atoms with Crippen molar-refractivity contribution in [2.24, 2.45) is 0 Å². The van der Waals surface area contributed by atoms with Gasteiger partial charge in [0.1, 0.15) is 36.8 Å². The third-order valence-corrected chi connectivity index (χ3v) is 10.7.